The quantitative estimate of drug-likeness (QED) is 0.0248. The summed E-state index contributed by atoms with van der Waals surface area (Å²) < 4.78 is 44.4. The first kappa shape index (κ1) is 46.8. The molecule has 1 heterocycles. The molecule has 0 aliphatic heterocycles. The maximum absolute atomic E-state index is 13.3. The molecule has 1 aromatic heterocycles. The molecule has 4 N–H and O–H groups in total. The first-order valence-corrected chi connectivity index (χ1v) is 21.9. The third-order valence-electron chi connectivity index (χ3n) is 10.5. The fraction of sp³-hybridized carbons (Fsp3) is 0.370. The van der Waals surface area contributed by atoms with Crippen LogP contribution in [0.2, 0.25) is 0 Å². The van der Waals surface area contributed by atoms with Crippen molar-refractivity contribution in [2.75, 3.05) is 19.8 Å². The van der Waals surface area contributed by atoms with Crippen molar-refractivity contribution in [2.24, 2.45) is 15.6 Å². The van der Waals surface area contributed by atoms with E-state index in [4.69, 9.17) is 9.47 Å². The van der Waals surface area contributed by atoms with E-state index in [1.807, 2.05) is 18.2 Å². The van der Waals surface area contributed by atoms with Gasteiger partial charge in [0, 0.05) is 42.1 Å². The molecule has 2 amide bonds. The zero-order valence-electron chi connectivity index (χ0n) is 35.0. The number of ether oxygens (including phenoxy) is 2. The van der Waals surface area contributed by atoms with Crippen molar-refractivity contribution in [1.29, 1.82) is 0 Å². The second-order valence-electron chi connectivity index (χ2n) is 15.6. The first-order valence-electron chi connectivity index (χ1n) is 20.5. The van der Waals surface area contributed by atoms with Crippen molar-refractivity contribution in [1.82, 2.24) is 15.6 Å². The molecular weight excluding hydrogens is 815 g/mol. The lowest BCUT2D eigenvalue weighted by atomic mass is 9.85. The topological polar surface area (TPSA) is 223 Å². The molecule has 0 fully saturated rings. The van der Waals surface area contributed by atoms with Gasteiger partial charge in [0.2, 0.25) is 5.91 Å². The van der Waals surface area contributed by atoms with Crippen LogP contribution in [0.5, 0.6) is 11.5 Å². The van der Waals surface area contributed by atoms with Crippen molar-refractivity contribution in [3.8, 4) is 11.5 Å². The lowest BCUT2D eigenvalue weighted by molar-refractivity contribution is -0.143. The molecule has 1 atom stereocenters. The van der Waals surface area contributed by atoms with E-state index in [9.17, 15) is 37.3 Å². The van der Waals surface area contributed by atoms with Crippen molar-refractivity contribution in [3.63, 3.8) is 0 Å². The van der Waals surface area contributed by atoms with E-state index in [1.165, 1.54) is 36.5 Å². The minimum absolute atomic E-state index is 0.0843. The molecule has 1 aliphatic carbocycles. The summed E-state index contributed by atoms with van der Waals surface area (Å²) in [5.74, 6) is -0.129. The number of carboxylic acids is 1. The van der Waals surface area contributed by atoms with Crippen LogP contribution in [0, 0.1) is 5.41 Å². The molecule has 0 radical (unpaired) electrons. The second-order valence-corrected chi connectivity index (χ2v) is 17.0. The van der Waals surface area contributed by atoms with E-state index in [-0.39, 0.29) is 46.8 Å². The van der Waals surface area contributed by atoms with Gasteiger partial charge in [-0.15, -0.1) is 11.7 Å². The van der Waals surface area contributed by atoms with Gasteiger partial charge < -0.3 is 25.2 Å². The normalized spacial score (nSPS) is 13.2. The molecule has 15 nitrogen and oxygen atoms in total. The third-order valence-corrected chi connectivity index (χ3v) is 11.4. The fourth-order valence-corrected chi connectivity index (χ4v) is 7.69. The minimum Gasteiger partial charge on any atom is -0.494 e. The fourth-order valence-electron chi connectivity index (χ4n) is 6.97. The lowest BCUT2D eigenvalue weighted by Crippen LogP contribution is -2.47. The highest BCUT2D eigenvalue weighted by Gasteiger charge is 2.31. The lowest BCUT2D eigenvalue weighted by Gasteiger charge is -2.26. The van der Waals surface area contributed by atoms with Crippen LogP contribution in [0.15, 0.2) is 107 Å². The number of hydrogen-bond acceptors (Lipinski definition) is 11. The van der Waals surface area contributed by atoms with Crippen molar-refractivity contribution in [3.05, 3.63) is 125 Å². The molecule has 0 spiro atoms. The van der Waals surface area contributed by atoms with Crippen LogP contribution in [-0.4, -0.2) is 72.4 Å². The number of benzene rings is 3. The molecule has 0 bridgehead atoms. The number of aromatic nitrogens is 1. The van der Waals surface area contributed by atoms with E-state index in [2.05, 4.69) is 32.4 Å². The predicted octanol–water partition coefficient (Wildman–Crippen LogP) is 7.45. The van der Waals surface area contributed by atoms with Crippen LogP contribution < -0.4 is 20.1 Å². The van der Waals surface area contributed by atoms with Gasteiger partial charge in [-0.3, -0.25) is 18.9 Å². The molecule has 0 unspecified atom stereocenters. The summed E-state index contributed by atoms with van der Waals surface area (Å²) in [4.78, 5) is 54.3. The Morgan fingerprint density at radius 1 is 0.968 bits per heavy atom. The maximum atomic E-state index is 13.3. The highest BCUT2D eigenvalue weighted by Crippen LogP contribution is 2.32. The van der Waals surface area contributed by atoms with Crippen LogP contribution in [0.25, 0.3) is 0 Å². The van der Waals surface area contributed by atoms with Crippen LogP contribution in [0.1, 0.15) is 95.3 Å². The van der Waals surface area contributed by atoms with Crippen molar-refractivity contribution >= 4 is 39.5 Å². The summed E-state index contributed by atoms with van der Waals surface area (Å²) in [5.41, 5.74) is 3.32. The molecular formula is C46H53N5O10S. The van der Waals surface area contributed by atoms with E-state index in [1.54, 1.807) is 44.2 Å². The largest absolute Gasteiger partial charge is 0.494 e. The molecule has 16 heteroatoms. The summed E-state index contributed by atoms with van der Waals surface area (Å²) >= 11 is 0. The summed E-state index contributed by atoms with van der Waals surface area (Å²) in [6.07, 6.45) is 8.53. The number of nitrogens with zero attached hydrogens (tertiary/aromatic N) is 3. The number of ketones is 1. The van der Waals surface area contributed by atoms with Crippen LogP contribution >= 0.6 is 0 Å². The number of pyridine rings is 1. The Bertz CT molecular complexity index is 2360. The predicted molar refractivity (Wildman–Crippen MR) is 232 cm³/mol. The Morgan fingerprint density at radius 2 is 1.73 bits per heavy atom. The number of unbranched alkanes of at least 4 members (excludes halogenated alkanes) is 1. The Hall–Kier alpha value is -6.26. The number of nitrogens with one attached hydrogen (secondary N) is 2. The number of fused-ring (bicyclic) bond motifs is 1. The van der Waals surface area contributed by atoms with Gasteiger partial charge in [0.1, 0.15) is 17.5 Å². The summed E-state index contributed by atoms with van der Waals surface area (Å²) in [6, 6.07) is 18.5. The summed E-state index contributed by atoms with van der Waals surface area (Å²) in [5, 5.41) is 23.4. The average molecular weight is 868 g/mol. The van der Waals surface area contributed by atoms with Gasteiger partial charge in [-0.25, -0.2) is 9.78 Å². The Labute approximate surface area is 361 Å². The highest BCUT2D eigenvalue weighted by molar-refractivity contribution is 7.85. The molecule has 0 saturated heterocycles. The average Bonchev–Trinajstić information content (AvgIpc) is 3.24. The summed E-state index contributed by atoms with van der Waals surface area (Å²) in [6.45, 7) is 8.45. The van der Waals surface area contributed by atoms with Crippen LogP contribution in [-0.2, 0) is 45.5 Å². The number of carbonyl (C=O) groups is 4. The maximum Gasteiger partial charge on any atom is 0.326 e. The van der Waals surface area contributed by atoms with Crippen molar-refractivity contribution < 1.29 is 46.7 Å². The first-order chi connectivity index (χ1) is 29.7. The standard InChI is InChI=1S/C46H53N5O10S/c1-4-11-37-35-13-9-14-39(52)36(35)21-22-40(37)61-26-8-7-24-46(2,3)45(56)50-38(44(54)55)28-31-16-19-34(20-17-31)60-27-10-25-47-43(53)33-18-23-42(48-29-33)51-49-30-32-12-5-6-15-41(32)62(57,58)59/h4-6,12,15-23,29,38H,1,7-11,13-14,24-28,30H2,2-3H3,(H,47,53)(H,50,56)(H,54,55)(H,57,58,59)/t38-/m0/s1. The zero-order chi connectivity index (χ0) is 44.7. The number of carbonyl (C=O) groups excluding carboxylic acids is 3. The van der Waals surface area contributed by atoms with Gasteiger partial charge >= 0.3 is 5.97 Å². The third kappa shape index (κ3) is 13.4. The molecule has 0 saturated carbocycles. The number of azo groups is 1. The van der Waals surface area contributed by atoms with E-state index < -0.39 is 27.5 Å². The van der Waals surface area contributed by atoms with Gasteiger partial charge in [0.15, 0.2) is 11.6 Å². The molecule has 3 aromatic carbocycles. The number of Topliss-reactive ketones (excluding diaryl/α,β-unsaturated/α-hetero) is 1. The number of rotatable bonds is 23. The monoisotopic (exact) mass is 867 g/mol. The van der Waals surface area contributed by atoms with Crippen molar-refractivity contribution in [2.45, 2.75) is 89.1 Å². The molecule has 4 aromatic rings. The highest BCUT2D eigenvalue weighted by atomic mass is 32.2. The van der Waals surface area contributed by atoms with Gasteiger partial charge in [0.05, 0.1) is 30.2 Å². The van der Waals surface area contributed by atoms with Gasteiger partial charge in [-0.1, -0.05) is 50.3 Å². The second kappa shape index (κ2) is 22.0. The molecule has 5 rings (SSSR count). The SMILES string of the molecule is C=CCc1c(OCCCCC(C)(C)C(=O)N[C@@H](Cc2ccc(OCCCNC(=O)c3ccc(N=NCc4ccccc4S(=O)(=O)O)nc3)cc2)C(=O)O)ccc2c1CCCC2=O. The smallest absolute Gasteiger partial charge is 0.326 e. The van der Waals surface area contributed by atoms with E-state index in [0.29, 0.717) is 75.2 Å². The minimum atomic E-state index is -4.40. The molecule has 328 valence electrons. The molecule has 1 aliphatic rings. The summed E-state index contributed by atoms with van der Waals surface area (Å²) in [7, 11) is -4.40. The van der Waals surface area contributed by atoms with Gasteiger partial charge in [0.25, 0.3) is 16.0 Å². The molecule has 62 heavy (non-hydrogen) atoms. The van der Waals surface area contributed by atoms with Crippen LogP contribution in [0.4, 0.5) is 5.82 Å². The number of amides is 2. The number of allylic oxidation sites excluding steroid dienone is 1. The van der Waals surface area contributed by atoms with E-state index in [0.717, 1.165) is 35.3 Å². The number of aliphatic carboxylic acids is 1. The number of carboxylic acid groups (broad SMARTS) is 1. The Morgan fingerprint density at radius 3 is 2.44 bits per heavy atom. The van der Waals surface area contributed by atoms with Gasteiger partial charge in [-0.05, 0) is 104 Å². The number of hydrogen-bond donors (Lipinski definition) is 4. The van der Waals surface area contributed by atoms with E-state index >= 15 is 0 Å². The Balaban J connectivity index is 0.992. The van der Waals surface area contributed by atoms with Crippen LogP contribution in [0.3, 0.4) is 0 Å². The Kier molecular flexibility index (Phi) is 16.6. The zero-order valence-corrected chi connectivity index (χ0v) is 35.8. The van der Waals surface area contributed by atoms with Gasteiger partial charge in [-0.2, -0.15) is 13.5 Å².